The summed E-state index contributed by atoms with van der Waals surface area (Å²) in [6, 6.07) is 16.9. The minimum Gasteiger partial charge on any atom is -0.367 e. The SMILES string of the molecule is N#Cc1cccc(-c2nc3ccc(N4CCN5CCCCCCCCCCCCCCCCCCCCCC4CC5)cc3c(=O)n2C2CCC2)c1. The van der Waals surface area contributed by atoms with Crippen LogP contribution in [0.4, 0.5) is 5.69 Å². The number of nitriles is 1. The van der Waals surface area contributed by atoms with Gasteiger partial charge in [0.25, 0.3) is 5.56 Å². The minimum absolute atomic E-state index is 0.0640. The van der Waals surface area contributed by atoms with E-state index in [1.165, 1.54) is 154 Å². The Morgan fingerprint density at radius 1 is 0.588 bits per heavy atom. The van der Waals surface area contributed by atoms with Crippen LogP contribution in [-0.4, -0.2) is 46.7 Å². The van der Waals surface area contributed by atoms with Gasteiger partial charge in [0.15, 0.2) is 0 Å². The van der Waals surface area contributed by atoms with Gasteiger partial charge in [-0.25, -0.2) is 4.98 Å². The van der Waals surface area contributed by atoms with E-state index in [4.69, 9.17) is 4.98 Å². The summed E-state index contributed by atoms with van der Waals surface area (Å²) < 4.78 is 1.95. The average molecular weight is 692 g/mol. The van der Waals surface area contributed by atoms with Gasteiger partial charge in [-0.1, -0.05) is 128 Å². The third kappa shape index (κ3) is 10.7. The second kappa shape index (κ2) is 20.2. The van der Waals surface area contributed by atoms with Crippen LogP contribution in [0.5, 0.6) is 0 Å². The van der Waals surface area contributed by atoms with E-state index in [1.54, 1.807) is 0 Å². The van der Waals surface area contributed by atoms with Crippen molar-refractivity contribution in [3.05, 3.63) is 58.4 Å². The van der Waals surface area contributed by atoms with Crippen molar-refractivity contribution in [2.24, 2.45) is 0 Å². The highest BCUT2D eigenvalue weighted by Crippen LogP contribution is 2.35. The van der Waals surface area contributed by atoms with E-state index in [2.05, 4.69) is 34.1 Å². The number of hydrogen-bond acceptors (Lipinski definition) is 5. The maximum absolute atomic E-state index is 14.4. The Hall–Kier alpha value is -3.17. The van der Waals surface area contributed by atoms with Gasteiger partial charge in [-0.2, -0.15) is 5.26 Å². The van der Waals surface area contributed by atoms with Gasteiger partial charge >= 0.3 is 0 Å². The number of fused-ring (bicyclic) bond motifs is 4. The fourth-order valence-corrected chi connectivity index (χ4v) is 8.90. The van der Waals surface area contributed by atoms with Crippen LogP contribution in [-0.2, 0) is 0 Å². The molecule has 1 aromatic heterocycles. The summed E-state index contributed by atoms with van der Waals surface area (Å²) >= 11 is 0. The first-order valence-corrected chi connectivity index (χ1v) is 21.3. The van der Waals surface area contributed by atoms with Crippen molar-refractivity contribution in [1.82, 2.24) is 14.5 Å². The van der Waals surface area contributed by atoms with E-state index in [0.29, 0.717) is 17.4 Å². The normalized spacial score (nSPS) is 23.4. The van der Waals surface area contributed by atoms with Crippen molar-refractivity contribution in [1.29, 1.82) is 5.26 Å². The van der Waals surface area contributed by atoms with E-state index >= 15 is 0 Å². The molecular weight excluding hydrogens is 627 g/mol. The van der Waals surface area contributed by atoms with Crippen molar-refractivity contribution in [2.45, 2.75) is 166 Å². The number of nitrogens with zero attached hydrogens (tertiary/aromatic N) is 5. The molecule has 2 aromatic carbocycles. The molecule has 51 heavy (non-hydrogen) atoms. The van der Waals surface area contributed by atoms with Gasteiger partial charge in [-0.15, -0.1) is 0 Å². The molecule has 1 saturated carbocycles. The molecule has 1 aliphatic carbocycles. The number of aromatic nitrogens is 2. The zero-order chi connectivity index (χ0) is 35.1. The molecule has 0 amide bonds. The largest absolute Gasteiger partial charge is 0.367 e. The monoisotopic (exact) mass is 692 g/mol. The standard InChI is InChI=1S/C45H65N5O/c46-36-37-22-20-23-38(34-37)44-47-43-28-27-41(35-42(43)45(51)50(44)40-25-21-26-40)49-33-32-48-30-19-17-15-13-11-9-7-5-3-1-2-4-6-8-10-12-14-16-18-24-39(49)29-31-48/h20,22-23,27-28,34-35,39-40H,1-19,21,24-26,29-33H2. The number of anilines is 1. The van der Waals surface area contributed by atoms with E-state index < -0.39 is 0 Å². The van der Waals surface area contributed by atoms with Gasteiger partial charge in [0.05, 0.1) is 22.5 Å². The van der Waals surface area contributed by atoms with Crippen molar-refractivity contribution >= 4 is 16.6 Å². The Labute approximate surface area is 308 Å². The lowest BCUT2D eigenvalue weighted by Gasteiger charge is -2.33. The van der Waals surface area contributed by atoms with Gasteiger partial charge in [0.1, 0.15) is 5.82 Å². The molecule has 0 spiro atoms. The van der Waals surface area contributed by atoms with Gasteiger partial charge in [0, 0.05) is 43.0 Å². The van der Waals surface area contributed by atoms with E-state index in [0.717, 1.165) is 48.8 Å². The van der Waals surface area contributed by atoms with Crippen molar-refractivity contribution in [3.63, 3.8) is 0 Å². The third-order valence-corrected chi connectivity index (χ3v) is 12.3. The first-order valence-electron chi connectivity index (χ1n) is 21.3. The predicted molar refractivity (Wildman–Crippen MR) is 214 cm³/mol. The van der Waals surface area contributed by atoms with Crippen LogP contribution in [0.15, 0.2) is 47.3 Å². The van der Waals surface area contributed by atoms with Crippen molar-refractivity contribution in [3.8, 4) is 17.5 Å². The van der Waals surface area contributed by atoms with Crippen LogP contribution < -0.4 is 10.5 Å². The highest BCUT2D eigenvalue weighted by atomic mass is 16.1. The predicted octanol–water partition coefficient (Wildman–Crippen LogP) is 11.4. The summed E-state index contributed by atoms with van der Waals surface area (Å²) in [6.45, 7) is 4.49. The molecule has 2 saturated heterocycles. The number of rotatable bonds is 3. The molecule has 6 rings (SSSR count). The highest BCUT2D eigenvalue weighted by Gasteiger charge is 2.28. The third-order valence-electron chi connectivity index (χ3n) is 12.3. The fourth-order valence-electron chi connectivity index (χ4n) is 8.90. The molecule has 3 fully saturated rings. The van der Waals surface area contributed by atoms with E-state index in [-0.39, 0.29) is 11.6 Å². The topological polar surface area (TPSA) is 65.2 Å². The number of benzene rings is 2. The Morgan fingerprint density at radius 2 is 1.20 bits per heavy atom. The number of hydrogen-bond donors (Lipinski definition) is 0. The molecule has 2 unspecified atom stereocenters. The maximum atomic E-state index is 14.4. The van der Waals surface area contributed by atoms with Crippen LogP contribution in [0, 0.1) is 11.3 Å². The smallest absolute Gasteiger partial charge is 0.261 e. The second-order valence-electron chi connectivity index (χ2n) is 16.1. The molecule has 0 N–H and O–H groups in total. The molecule has 3 aliphatic rings. The van der Waals surface area contributed by atoms with E-state index in [9.17, 15) is 10.1 Å². The van der Waals surface area contributed by atoms with Crippen LogP contribution in [0.3, 0.4) is 0 Å². The Kier molecular flexibility index (Phi) is 14.9. The molecule has 2 bridgehead atoms. The molecule has 2 aliphatic heterocycles. The average Bonchev–Trinajstić information content (AvgIpc) is 3.34. The van der Waals surface area contributed by atoms with Gasteiger partial charge in [0.2, 0.25) is 0 Å². The van der Waals surface area contributed by atoms with E-state index in [1.807, 2.05) is 28.8 Å². The van der Waals surface area contributed by atoms with Gasteiger partial charge in [-0.3, -0.25) is 9.36 Å². The second-order valence-corrected chi connectivity index (χ2v) is 16.1. The van der Waals surface area contributed by atoms with Gasteiger partial charge in [-0.05, 0) is 75.4 Å². The quantitative estimate of drug-likeness (QED) is 0.273. The highest BCUT2D eigenvalue weighted by molar-refractivity contribution is 5.84. The Morgan fingerprint density at radius 3 is 1.80 bits per heavy atom. The molecule has 3 aromatic rings. The summed E-state index contributed by atoms with van der Waals surface area (Å²) in [5, 5.41) is 10.3. The summed E-state index contributed by atoms with van der Waals surface area (Å²) in [6.07, 6.45) is 32.1. The molecule has 0 radical (unpaired) electrons. The minimum atomic E-state index is 0.0640. The molecule has 6 heteroatoms. The lowest BCUT2D eigenvalue weighted by atomic mass is 9.92. The molecule has 2 atom stereocenters. The van der Waals surface area contributed by atoms with Crippen LogP contribution in [0.2, 0.25) is 0 Å². The first-order chi connectivity index (χ1) is 25.2. The molecule has 3 heterocycles. The maximum Gasteiger partial charge on any atom is 0.261 e. The fraction of sp³-hybridized carbons (Fsp3) is 0.667. The summed E-state index contributed by atoms with van der Waals surface area (Å²) in [5.41, 5.74) is 3.43. The first kappa shape index (κ1) is 37.6. The van der Waals surface area contributed by atoms with Crippen molar-refractivity contribution in [2.75, 3.05) is 31.1 Å². The Bertz CT molecular complexity index is 1600. The lowest BCUT2D eigenvalue weighted by molar-refractivity contribution is 0.281. The Balaban J connectivity index is 1.19. The zero-order valence-electron chi connectivity index (χ0n) is 31.6. The zero-order valence-corrected chi connectivity index (χ0v) is 31.6. The van der Waals surface area contributed by atoms with Crippen LogP contribution in [0.1, 0.15) is 166 Å². The van der Waals surface area contributed by atoms with Crippen LogP contribution in [0.25, 0.3) is 22.3 Å². The molecular formula is C45H65N5O. The summed E-state index contributed by atoms with van der Waals surface area (Å²) in [4.78, 5) is 24.9. The molecule has 6 nitrogen and oxygen atoms in total. The lowest BCUT2D eigenvalue weighted by Crippen LogP contribution is -2.37. The molecule has 276 valence electrons. The van der Waals surface area contributed by atoms with Crippen LogP contribution >= 0.6 is 0 Å². The summed E-state index contributed by atoms with van der Waals surface area (Å²) in [7, 11) is 0. The van der Waals surface area contributed by atoms with Crippen molar-refractivity contribution < 1.29 is 0 Å². The summed E-state index contributed by atoms with van der Waals surface area (Å²) in [5.74, 6) is 0.694. The van der Waals surface area contributed by atoms with Gasteiger partial charge < -0.3 is 9.80 Å².